The third kappa shape index (κ3) is 2.78. The van der Waals surface area contributed by atoms with E-state index in [4.69, 9.17) is 16.6 Å². The lowest BCUT2D eigenvalue weighted by Crippen LogP contribution is -2.45. The molecule has 1 saturated heterocycles. The maximum absolute atomic E-state index is 10.2. The minimum Gasteiger partial charge on any atom is -0.390 e. The Labute approximate surface area is 174 Å². The van der Waals surface area contributed by atoms with Gasteiger partial charge in [-0.15, -0.1) is 0 Å². The second-order valence-corrected chi connectivity index (χ2v) is 9.64. The van der Waals surface area contributed by atoms with Gasteiger partial charge < -0.3 is 10.0 Å². The van der Waals surface area contributed by atoms with E-state index in [1.807, 2.05) is 30.1 Å². The third-order valence-corrected chi connectivity index (χ3v) is 7.58. The summed E-state index contributed by atoms with van der Waals surface area (Å²) in [5.41, 5.74) is 1.12. The SMILES string of the molecule is CC1(O)CCN(c2nc3c(cnn3-c3cnn(C4CC5CCC54)c3)cc2Cl)CC1. The lowest BCUT2D eigenvalue weighted by molar-refractivity contribution is -0.0217. The monoisotopic (exact) mass is 412 g/mol. The minimum absolute atomic E-state index is 0.545. The van der Waals surface area contributed by atoms with Crippen LogP contribution in [0.2, 0.25) is 5.02 Å². The van der Waals surface area contributed by atoms with Crippen LogP contribution in [0.3, 0.4) is 0 Å². The van der Waals surface area contributed by atoms with Gasteiger partial charge >= 0.3 is 0 Å². The van der Waals surface area contributed by atoms with Crippen LogP contribution in [-0.2, 0) is 0 Å². The molecule has 3 unspecified atom stereocenters. The molecule has 6 rings (SSSR count). The van der Waals surface area contributed by atoms with Gasteiger partial charge in [0.1, 0.15) is 11.5 Å². The number of nitrogens with zero attached hydrogens (tertiary/aromatic N) is 6. The normalized spacial score (nSPS) is 28.1. The molecule has 3 aliphatic rings. The van der Waals surface area contributed by atoms with Crippen molar-refractivity contribution in [2.45, 2.75) is 50.7 Å². The summed E-state index contributed by atoms with van der Waals surface area (Å²) >= 11 is 6.55. The fourth-order valence-corrected chi connectivity index (χ4v) is 5.42. The maximum atomic E-state index is 10.2. The Hall–Kier alpha value is -2.12. The Morgan fingerprint density at radius 2 is 2.00 bits per heavy atom. The van der Waals surface area contributed by atoms with E-state index in [0.29, 0.717) is 23.9 Å². The molecule has 3 fully saturated rings. The molecule has 2 aliphatic carbocycles. The molecule has 7 nitrogen and oxygen atoms in total. The van der Waals surface area contributed by atoms with E-state index in [-0.39, 0.29) is 0 Å². The average Bonchev–Trinajstić information content (AvgIpc) is 3.30. The standard InChI is InChI=1S/C21H25ClN6O/c1-21(29)4-6-26(7-5-21)20-17(22)8-14-10-24-28(19(14)25-20)15-11-23-27(12-15)18-9-13-2-3-16(13)18/h8,10-13,16,18,29H,2-7,9H2,1H3. The van der Waals surface area contributed by atoms with Crippen LogP contribution in [0.25, 0.3) is 16.7 Å². The van der Waals surface area contributed by atoms with Crippen molar-refractivity contribution in [3.8, 4) is 5.69 Å². The van der Waals surface area contributed by atoms with Crippen LogP contribution in [-0.4, -0.2) is 48.3 Å². The molecule has 2 saturated carbocycles. The van der Waals surface area contributed by atoms with Crippen LogP contribution in [0.5, 0.6) is 0 Å². The third-order valence-electron chi connectivity index (χ3n) is 7.31. The van der Waals surface area contributed by atoms with E-state index in [1.165, 1.54) is 19.3 Å². The zero-order valence-corrected chi connectivity index (χ0v) is 17.3. The molecular weight excluding hydrogens is 388 g/mol. The Morgan fingerprint density at radius 3 is 2.69 bits per heavy atom. The van der Waals surface area contributed by atoms with Crippen LogP contribution in [0.15, 0.2) is 24.7 Å². The van der Waals surface area contributed by atoms with E-state index < -0.39 is 5.60 Å². The number of aromatic nitrogens is 5. The van der Waals surface area contributed by atoms with Crippen molar-refractivity contribution in [2.75, 3.05) is 18.0 Å². The Balaban J connectivity index is 1.33. The van der Waals surface area contributed by atoms with Crippen LogP contribution in [0, 0.1) is 11.8 Å². The highest BCUT2D eigenvalue weighted by Gasteiger charge is 2.48. The summed E-state index contributed by atoms with van der Waals surface area (Å²) in [7, 11) is 0. The van der Waals surface area contributed by atoms with Gasteiger partial charge in [-0.3, -0.25) is 4.68 Å². The van der Waals surface area contributed by atoms with Gasteiger partial charge in [-0.05, 0) is 56.9 Å². The summed E-state index contributed by atoms with van der Waals surface area (Å²) in [6.07, 6.45) is 11.2. The molecule has 4 heterocycles. The van der Waals surface area contributed by atoms with Crippen LogP contribution < -0.4 is 4.90 Å². The van der Waals surface area contributed by atoms with Crippen molar-refractivity contribution in [1.29, 1.82) is 0 Å². The predicted octanol–water partition coefficient (Wildman–Crippen LogP) is 3.59. The first-order chi connectivity index (χ1) is 14.0. The summed E-state index contributed by atoms with van der Waals surface area (Å²) in [5, 5.41) is 21.0. The molecule has 0 bridgehead atoms. The predicted molar refractivity (Wildman–Crippen MR) is 112 cm³/mol. The van der Waals surface area contributed by atoms with Gasteiger partial charge in [-0.25, -0.2) is 9.67 Å². The first-order valence-electron chi connectivity index (χ1n) is 10.5. The molecule has 3 aromatic rings. The largest absolute Gasteiger partial charge is 0.390 e. The number of anilines is 1. The van der Waals surface area contributed by atoms with E-state index in [1.54, 1.807) is 0 Å². The van der Waals surface area contributed by atoms with Gasteiger partial charge in [-0.1, -0.05) is 11.6 Å². The van der Waals surface area contributed by atoms with E-state index >= 15 is 0 Å². The summed E-state index contributed by atoms with van der Waals surface area (Å²) < 4.78 is 3.97. The molecule has 3 aromatic heterocycles. The van der Waals surface area contributed by atoms with Gasteiger partial charge in [0.2, 0.25) is 0 Å². The molecule has 0 radical (unpaired) electrons. The van der Waals surface area contributed by atoms with Crippen molar-refractivity contribution in [3.63, 3.8) is 0 Å². The van der Waals surface area contributed by atoms with E-state index in [2.05, 4.69) is 26.0 Å². The molecule has 1 N–H and O–H groups in total. The topological polar surface area (TPSA) is 72.0 Å². The number of fused-ring (bicyclic) bond motifs is 2. The second-order valence-electron chi connectivity index (χ2n) is 9.23. The number of pyridine rings is 1. The quantitative estimate of drug-likeness (QED) is 0.711. The van der Waals surface area contributed by atoms with E-state index in [9.17, 15) is 5.11 Å². The lowest BCUT2D eigenvalue weighted by atomic mass is 9.56. The van der Waals surface area contributed by atoms with Crippen LogP contribution in [0.4, 0.5) is 5.82 Å². The number of rotatable bonds is 3. The zero-order valence-electron chi connectivity index (χ0n) is 16.5. The van der Waals surface area contributed by atoms with Crippen molar-refractivity contribution in [2.24, 2.45) is 11.8 Å². The second kappa shape index (κ2) is 6.19. The number of piperidine rings is 1. The lowest BCUT2D eigenvalue weighted by Gasteiger charge is -2.52. The fraction of sp³-hybridized carbons (Fsp3) is 0.571. The summed E-state index contributed by atoms with van der Waals surface area (Å²) in [6.45, 7) is 3.37. The smallest absolute Gasteiger partial charge is 0.165 e. The first kappa shape index (κ1) is 17.7. The highest BCUT2D eigenvalue weighted by atomic mass is 35.5. The first-order valence-corrected chi connectivity index (χ1v) is 10.9. The number of aliphatic hydroxyl groups is 1. The summed E-state index contributed by atoms with van der Waals surface area (Å²) in [6, 6.07) is 2.48. The van der Waals surface area contributed by atoms with Gasteiger partial charge in [-0.2, -0.15) is 10.2 Å². The van der Waals surface area contributed by atoms with Crippen molar-refractivity contribution >= 4 is 28.5 Å². The Kier molecular flexibility index (Phi) is 3.78. The molecule has 3 atom stereocenters. The highest BCUT2D eigenvalue weighted by Crippen LogP contribution is 2.56. The van der Waals surface area contributed by atoms with Crippen molar-refractivity contribution in [1.82, 2.24) is 24.5 Å². The molecule has 0 aromatic carbocycles. The number of hydrogen-bond acceptors (Lipinski definition) is 5. The number of hydrogen-bond donors (Lipinski definition) is 1. The summed E-state index contributed by atoms with van der Waals surface area (Å²) in [5.74, 6) is 2.51. The maximum Gasteiger partial charge on any atom is 0.165 e. The highest BCUT2D eigenvalue weighted by molar-refractivity contribution is 6.33. The Bertz CT molecular complexity index is 1080. The zero-order chi connectivity index (χ0) is 19.8. The molecule has 0 amide bonds. The molecule has 29 heavy (non-hydrogen) atoms. The van der Waals surface area contributed by atoms with Gasteiger partial charge in [0.05, 0.1) is 35.3 Å². The molecular formula is C21H25ClN6O. The Morgan fingerprint density at radius 1 is 1.17 bits per heavy atom. The molecule has 0 spiro atoms. The molecule has 1 aliphatic heterocycles. The summed E-state index contributed by atoms with van der Waals surface area (Å²) in [4.78, 5) is 7.04. The average molecular weight is 413 g/mol. The van der Waals surface area contributed by atoms with E-state index in [0.717, 1.165) is 47.5 Å². The van der Waals surface area contributed by atoms with Crippen molar-refractivity contribution in [3.05, 3.63) is 29.7 Å². The van der Waals surface area contributed by atoms with Gasteiger partial charge in [0.15, 0.2) is 5.65 Å². The molecule has 8 heteroatoms. The fourth-order valence-electron chi connectivity index (χ4n) is 5.14. The number of halogens is 1. The minimum atomic E-state index is -0.607. The van der Waals surface area contributed by atoms with Gasteiger partial charge in [0.25, 0.3) is 0 Å². The van der Waals surface area contributed by atoms with Gasteiger partial charge in [0, 0.05) is 18.5 Å². The van der Waals surface area contributed by atoms with Crippen LogP contribution in [0.1, 0.15) is 45.1 Å². The van der Waals surface area contributed by atoms with Crippen molar-refractivity contribution < 1.29 is 5.11 Å². The molecule has 152 valence electrons. The van der Waals surface area contributed by atoms with Crippen LogP contribution >= 0.6 is 11.6 Å².